The van der Waals surface area contributed by atoms with Gasteiger partial charge in [-0.15, -0.1) is 0 Å². The molecule has 0 unspecified atom stereocenters. The number of carbonyl (C=O) groups excluding carboxylic acids is 2. The zero-order valence-corrected chi connectivity index (χ0v) is 15.7. The molecule has 1 atom stereocenters. The number of amides is 2. The molecule has 5 heteroatoms. The van der Waals surface area contributed by atoms with E-state index in [-0.39, 0.29) is 17.9 Å². The van der Waals surface area contributed by atoms with Gasteiger partial charge in [0.2, 0.25) is 5.91 Å². The second kappa shape index (κ2) is 9.17. The highest BCUT2D eigenvalue weighted by molar-refractivity contribution is 5.99. The van der Waals surface area contributed by atoms with Gasteiger partial charge in [0.15, 0.2) is 0 Å². The summed E-state index contributed by atoms with van der Waals surface area (Å²) in [4.78, 5) is 26.2. The first-order valence-electron chi connectivity index (χ1n) is 9.99. The van der Waals surface area contributed by atoms with Gasteiger partial charge in [0.25, 0.3) is 5.91 Å². The first-order chi connectivity index (χ1) is 12.7. The van der Waals surface area contributed by atoms with Crippen molar-refractivity contribution >= 4 is 17.5 Å². The SMILES string of the molecule is CCO[C@H](CCNC(=O)c1cccc(N2CCCC2=O)c1)C1CCCC1. The van der Waals surface area contributed by atoms with E-state index < -0.39 is 0 Å². The topological polar surface area (TPSA) is 58.6 Å². The highest BCUT2D eigenvalue weighted by Gasteiger charge is 2.25. The van der Waals surface area contributed by atoms with Crippen LogP contribution in [0.2, 0.25) is 0 Å². The van der Waals surface area contributed by atoms with Crippen molar-refractivity contribution in [3.63, 3.8) is 0 Å². The maximum atomic E-state index is 12.5. The number of carbonyl (C=O) groups is 2. The molecule has 0 spiro atoms. The summed E-state index contributed by atoms with van der Waals surface area (Å²) in [5.41, 5.74) is 1.43. The number of ether oxygens (including phenoxy) is 1. The van der Waals surface area contributed by atoms with Gasteiger partial charge in [0.05, 0.1) is 6.10 Å². The van der Waals surface area contributed by atoms with Crippen molar-refractivity contribution in [2.24, 2.45) is 5.92 Å². The molecule has 2 aliphatic rings. The number of nitrogens with zero attached hydrogens (tertiary/aromatic N) is 1. The summed E-state index contributed by atoms with van der Waals surface area (Å²) in [5.74, 6) is 0.690. The fourth-order valence-corrected chi connectivity index (χ4v) is 4.16. The molecule has 0 radical (unpaired) electrons. The highest BCUT2D eigenvalue weighted by Crippen LogP contribution is 2.30. The van der Waals surface area contributed by atoms with E-state index in [1.165, 1.54) is 25.7 Å². The molecule has 1 saturated heterocycles. The number of anilines is 1. The van der Waals surface area contributed by atoms with Crippen LogP contribution in [-0.4, -0.2) is 37.6 Å². The predicted octanol–water partition coefficient (Wildman–Crippen LogP) is 3.53. The minimum atomic E-state index is -0.0832. The van der Waals surface area contributed by atoms with Crippen LogP contribution in [0.15, 0.2) is 24.3 Å². The molecule has 3 rings (SSSR count). The van der Waals surface area contributed by atoms with E-state index in [4.69, 9.17) is 4.74 Å². The van der Waals surface area contributed by atoms with Gasteiger partial charge in [0, 0.05) is 37.4 Å². The van der Waals surface area contributed by atoms with E-state index in [0.29, 0.717) is 24.4 Å². The van der Waals surface area contributed by atoms with Crippen LogP contribution in [0.1, 0.15) is 62.2 Å². The molecule has 26 heavy (non-hydrogen) atoms. The molecule has 1 heterocycles. The molecule has 0 aromatic heterocycles. The predicted molar refractivity (Wildman–Crippen MR) is 102 cm³/mol. The number of hydrogen-bond donors (Lipinski definition) is 1. The van der Waals surface area contributed by atoms with Crippen LogP contribution in [0.5, 0.6) is 0 Å². The zero-order valence-electron chi connectivity index (χ0n) is 15.7. The van der Waals surface area contributed by atoms with Crippen LogP contribution in [0.3, 0.4) is 0 Å². The third-order valence-corrected chi connectivity index (χ3v) is 5.51. The van der Waals surface area contributed by atoms with E-state index in [2.05, 4.69) is 5.32 Å². The Balaban J connectivity index is 1.53. The second-order valence-electron chi connectivity index (χ2n) is 7.28. The average molecular weight is 358 g/mol. The summed E-state index contributed by atoms with van der Waals surface area (Å²) in [6.07, 6.45) is 7.65. The molecule has 142 valence electrons. The van der Waals surface area contributed by atoms with Gasteiger partial charge in [-0.25, -0.2) is 0 Å². The Kier molecular flexibility index (Phi) is 6.67. The van der Waals surface area contributed by atoms with Crippen molar-refractivity contribution in [3.8, 4) is 0 Å². The highest BCUT2D eigenvalue weighted by atomic mass is 16.5. The van der Waals surface area contributed by atoms with Gasteiger partial charge >= 0.3 is 0 Å². The third-order valence-electron chi connectivity index (χ3n) is 5.51. The quantitative estimate of drug-likeness (QED) is 0.773. The normalized spacial score (nSPS) is 19.1. The standard InChI is InChI=1S/C21H30N2O3/c1-2-26-19(16-7-3-4-8-16)12-13-22-21(25)17-9-5-10-18(15-17)23-14-6-11-20(23)24/h5,9-10,15-16,19H,2-4,6-8,11-14H2,1H3,(H,22,25)/t19-/m1/s1. The second-order valence-corrected chi connectivity index (χ2v) is 7.28. The van der Waals surface area contributed by atoms with Crippen molar-refractivity contribution in [2.75, 3.05) is 24.6 Å². The van der Waals surface area contributed by atoms with Crippen LogP contribution >= 0.6 is 0 Å². The van der Waals surface area contributed by atoms with E-state index >= 15 is 0 Å². The number of nitrogens with one attached hydrogen (secondary N) is 1. The lowest BCUT2D eigenvalue weighted by atomic mass is 9.98. The maximum absolute atomic E-state index is 12.5. The summed E-state index contributed by atoms with van der Waals surface area (Å²) >= 11 is 0. The van der Waals surface area contributed by atoms with Crippen molar-refractivity contribution in [3.05, 3.63) is 29.8 Å². The van der Waals surface area contributed by atoms with Crippen LogP contribution in [-0.2, 0) is 9.53 Å². The van der Waals surface area contributed by atoms with Crippen molar-refractivity contribution in [2.45, 2.75) is 58.0 Å². The summed E-state index contributed by atoms with van der Waals surface area (Å²) in [5, 5.41) is 3.02. The molecule has 1 aliphatic heterocycles. The summed E-state index contributed by atoms with van der Waals surface area (Å²) in [6, 6.07) is 7.36. The fraction of sp³-hybridized carbons (Fsp3) is 0.619. The largest absolute Gasteiger partial charge is 0.378 e. The van der Waals surface area contributed by atoms with Gasteiger partial charge in [0.1, 0.15) is 0 Å². The number of rotatable bonds is 8. The number of hydrogen-bond acceptors (Lipinski definition) is 3. The Hall–Kier alpha value is -1.88. The maximum Gasteiger partial charge on any atom is 0.251 e. The molecule has 2 amide bonds. The number of benzene rings is 1. The fourth-order valence-electron chi connectivity index (χ4n) is 4.16. The Morgan fingerprint density at radius 3 is 2.81 bits per heavy atom. The van der Waals surface area contributed by atoms with Gasteiger partial charge in [-0.2, -0.15) is 0 Å². The van der Waals surface area contributed by atoms with Crippen LogP contribution in [0, 0.1) is 5.92 Å². The molecule has 1 N–H and O–H groups in total. The van der Waals surface area contributed by atoms with Crippen LogP contribution in [0.25, 0.3) is 0 Å². The first kappa shape index (κ1) is 18.9. The molecule has 1 aromatic carbocycles. The Morgan fingerprint density at radius 1 is 1.31 bits per heavy atom. The molecule has 0 bridgehead atoms. The molecular weight excluding hydrogens is 328 g/mol. The lowest BCUT2D eigenvalue weighted by molar-refractivity contribution is -0.117. The Bertz CT molecular complexity index is 625. The molecule has 1 aromatic rings. The zero-order chi connectivity index (χ0) is 18.4. The minimum absolute atomic E-state index is 0.0832. The van der Waals surface area contributed by atoms with Crippen molar-refractivity contribution in [1.82, 2.24) is 5.32 Å². The first-order valence-corrected chi connectivity index (χ1v) is 9.99. The van der Waals surface area contributed by atoms with Gasteiger partial charge in [-0.05, 0) is 56.7 Å². The summed E-state index contributed by atoms with van der Waals surface area (Å²) in [7, 11) is 0. The summed E-state index contributed by atoms with van der Waals surface area (Å²) in [6.45, 7) is 4.11. The third kappa shape index (κ3) is 4.64. The van der Waals surface area contributed by atoms with Crippen molar-refractivity contribution in [1.29, 1.82) is 0 Å². The molecule has 5 nitrogen and oxygen atoms in total. The smallest absolute Gasteiger partial charge is 0.251 e. The van der Waals surface area contributed by atoms with E-state index in [1.54, 1.807) is 11.0 Å². The van der Waals surface area contributed by atoms with E-state index in [1.807, 2.05) is 25.1 Å². The minimum Gasteiger partial charge on any atom is -0.378 e. The summed E-state index contributed by atoms with van der Waals surface area (Å²) < 4.78 is 5.92. The van der Waals surface area contributed by atoms with E-state index in [0.717, 1.165) is 31.7 Å². The molecule has 1 saturated carbocycles. The van der Waals surface area contributed by atoms with Gasteiger partial charge < -0.3 is 15.0 Å². The van der Waals surface area contributed by atoms with Crippen molar-refractivity contribution < 1.29 is 14.3 Å². The monoisotopic (exact) mass is 358 g/mol. The van der Waals surface area contributed by atoms with Gasteiger partial charge in [-0.1, -0.05) is 18.9 Å². The Morgan fingerprint density at radius 2 is 2.12 bits per heavy atom. The Labute approximate surface area is 156 Å². The lowest BCUT2D eigenvalue weighted by Crippen LogP contribution is -2.31. The van der Waals surface area contributed by atoms with Crippen LogP contribution in [0.4, 0.5) is 5.69 Å². The van der Waals surface area contributed by atoms with Gasteiger partial charge in [-0.3, -0.25) is 9.59 Å². The van der Waals surface area contributed by atoms with E-state index in [9.17, 15) is 9.59 Å². The molecule has 1 aliphatic carbocycles. The molecule has 2 fully saturated rings. The average Bonchev–Trinajstić information content (AvgIpc) is 3.32. The van der Waals surface area contributed by atoms with Crippen LogP contribution < -0.4 is 10.2 Å². The lowest BCUT2D eigenvalue weighted by Gasteiger charge is -2.23. The molecular formula is C21H30N2O3.